The standard InChI is InChI=1S/C15H7Cl2F4N3O3S/c16-9-3-4-10(13(18)12(9)17)24-14-8-2-1-7(5-11(8)22-6-23-14)27-28(25,26)15(19,20)21/h1-6H,(H,22,23,24). The first kappa shape index (κ1) is 20.4. The first-order valence-corrected chi connectivity index (χ1v) is 9.32. The third-order valence-corrected chi connectivity index (χ3v) is 5.15. The molecule has 0 fully saturated rings. The largest absolute Gasteiger partial charge is 0.534 e. The number of alkyl halides is 3. The fraction of sp³-hybridized carbons (Fsp3) is 0.0667. The van der Waals surface area contributed by atoms with E-state index in [1.54, 1.807) is 0 Å². The van der Waals surface area contributed by atoms with Crippen LogP contribution in [0.3, 0.4) is 0 Å². The Morgan fingerprint density at radius 2 is 1.79 bits per heavy atom. The van der Waals surface area contributed by atoms with Crippen molar-refractivity contribution in [2.45, 2.75) is 5.51 Å². The molecule has 13 heteroatoms. The molecule has 0 aliphatic carbocycles. The van der Waals surface area contributed by atoms with Crippen LogP contribution in [-0.4, -0.2) is 23.9 Å². The van der Waals surface area contributed by atoms with Gasteiger partial charge in [-0.3, -0.25) is 0 Å². The number of hydrogen-bond acceptors (Lipinski definition) is 6. The molecule has 0 bridgehead atoms. The fourth-order valence-corrected chi connectivity index (χ4v) is 2.87. The monoisotopic (exact) mass is 455 g/mol. The molecule has 0 aliphatic heterocycles. The minimum Gasteiger partial charge on any atom is -0.376 e. The Kier molecular flexibility index (Phi) is 5.26. The molecule has 0 radical (unpaired) electrons. The number of hydrogen-bond donors (Lipinski definition) is 1. The Morgan fingerprint density at radius 1 is 1.07 bits per heavy atom. The summed E-state index contributed by atoms with van der Waals surface area (Å²) in [5, 5.41) is 2.62. The highest BCUT2D eigenvalue weighted by Crippen LogP contribution is 2.34. The maximum absolute atomic E-state index is 14.2. The number of halogens is 6. The zero-order valence-electron chi connectivity index (χ0n) is 13.3. The van der Waals surface area contributed by atoms with Crippen molar-refractivity contribution in [1.29, 1.82) is 0 Å². The van der Waals surface area contributed by atoms with Gasteiger partial charge >= 0.3 is 15.6 Å². The van der Waals surface area contributed by atoms with Crippen molar-refractivity contribution in [1.82, 2.24) is 9.97 Å². The highest BCUT2D eigenvalue weighted by Gasteiger charge is 2.48. The van der Waals surface area contributed by atoms with Gasteiger partial charge in [-0.25, -0.2) is 14.4 Å². The normalized spacial score (nSPS) is 12.2. The summed E-state index contributed by atoms with van der Waals surface area (Å²) < 4.78 is 77.8. The van der Waals surface area contributed by atoms with Gasteiger partial charge in [-0.1, -0.05) is 23.2 Å². The Balaban J connectivity index is 1.98. The van der Waals surface area contributed by atoms with Gasteiger partial charge in [0, 0.05) is 11.5 Å². The minimum atomic E-state index is -5.83. The molecule has 148 valence electrons. The first-order valence-electron chi connectivity index (χ1n) is 7.15. The van der Waals surface area contributed by atoms with E-state index in [4.69, 9.17) is 23.2 Å². The van der Waals surface area contributed by atoms with Crippen LogP contribution in [0, 0.1) is 5.82 Å². The van der Waals surface area contributed by atoms with E-state index in [1.165, 1.54) is 18.2 Å². The summed E-state index contributed by atoms with van der Waals surface area (Å²) in [6.45, 7) is 0. The molecule has 1 aromatic heterocycles. The zero-order valence-corrected chi connectivity index (χ0v) is 15.6. The second-order valence-corrected chi connectivity index (χ2v) is 7.56. The van der Waals surface area contributed by atoms with Gasteiger partial charge in [-0.05, 0) is 24.3 Å². The molecule has 0 unspecified atom stereocenters. The van der Waals surface area contributed by atoms with Crippen molar-refractivity contribution in [2.24, 2.45) is 0 Å². The van der Waals surface area contributed by atoms with Crippen LogP contribution in [0.2, 0.25) is 10.0 Å². The van der Waals surface area contributed by atoms with Crippen LogP contribution in [0.25, 0.3) is 10.9 Å². The predicted molar refractivity (Wildman–Crippen MR) is 94.8 cm³/mol. The topological polar surface area (TPSA) is 81.2 Å². The molecule has 28 heavy (non-hydrogen) atoms. The third kappa shape index (κ3) is 3.91. The average Bonchev–Trinajstić information content (AvgIpc) is 2.61. The average molecular weight is 456 g/mol. The minimum absolute atomic E-state index is 0.00456. The van der Waals surface area contributed by atoms with Gasteiger partial charge in [0.25, 0.3) is 0 Å². The van der Waals surface area contributed by atoms with Crippen molar-refractivity contribution in [3.05, 3.63) is 52.5 Å². The number of nitrogens with zero attached hydrogens (tertiary/aromatic N) is 2. The summed E-state index contributed by atoms with van der Waals surface area (Å²) in [5.41, 5.74) is -5.59. The van der Waals surface area contributed by atoms with Gasteiger partial charge in [0.05, 0.1) is 21.2 Å². The van der Waals surface area contributed by atoms with Crippen molar-refractivity contribution >= 4 is 55.7 Å². The molecule has 0 atom stereocenters. The lowest BCUT2D eigenvalue weighted by Crippen LogP contribution is -2.28. The van der Waals surface area contributed by atoms with Crippen molar-refractivity contribution in [3.63, 3.8) is 0 Å². The second kappa shape index (κ2) is 7.22. The van der Waals surface area contributed by atoms with Gasteiger partial charge in [0.1, 0.15) is 17.9 Å². The summed E-state index contributed by atoms with van der Waals surface area (Å²) >= 11 is 11.5. The van der Waals surface area contributed by atoms with E-state index in [-0.39, 0.29) is 32.5 Å². The van der Waals surface area contributed by atoms with Crippen LogP contribution < -0.4 is 9.50 Å². The number of rotatable bonds is 4. The molecule has 0 aliphatic rings. The van der Waals surface area contributed by atoms with Crippen LogP contribution in [-0.2, 0) is 10.1 Å². The molecule has 0 saturated carbocycles. The van der Waals surface area contributed by atoms with Crippen LogP contribution in [0.5, 0.6) is 5.75 Å². The maximum atomic E-state index is 14.2. The lowest BCUT2D eigenvalue weighted by molar-refractivity contribution is -0.0500. The van der Waals surface area contributed by atoms with Gasteiger partial charge in [-0.2, -0.15) is 21.6 Å². The molecule has 3 rings (SSSR count). The van der Waals surface area contributed by atoms with E-state index in [9.17, 15) is 26.0 Å². The molecule has 0 amide bonds. The summed E-state index contributed by atoms with van der Waals surface area (Å²) in [6.07, 6.45) is 1.04. The molecule has 0 spiro atoms. The van der Waals surface area contributed by atoms with Crippen LogP contribution in [0.1, 0.15) is 0 Å². The smallest absolute Gasteiger partial charge is 0.376 e. The molecule has 0 saturated heterocycles. The van der Waals surface area contributed by atoms with Crippen molar-refractivity contribution in [2.75, 3.05) is 5.32 Å². The van der Waals surface area contributed by atoms with Gasteiger partial charge < -0.3 is 9.50 Å². The Morgan fingerprint density at radius 3 is 2.46 bits per heavy atom. The highest BCUT2D eigenvalue weighted by molar-refractivity contribution is 7.88. The van der Waals surface area contributed by atoms with Gasteiger partial charge in [0.2, 0.25) is 0 Å². The van der Waals surface area contributed by atoms with Crippen LogP contribution >= 0.6 is 23.2 Å². The molecular formula is C15H7Cl2F4N3O3S. The molecule has 6 nitrogen and oxygen atoms in total. The molecule has 1 N–H and O–H groups in total. The third-order valence-electron chi connectivity index (χ3n) is 3.39. The number of aromatic nitrogens is 2. The molecule has 1 heterocycles. The van der Waals surface area contributed by atoms with E-state index < -0.39 is 27.2 Å². The quantitative estimate of drug-likeness (QED) is 0.256. The molecule has 2 aromatic carbocycles. The molecule has 3 aromatic rings. The van der Waals surface area contributed by atoms with E-state index in [0.717, 1.165) is 18.5 Å². The predicted octanol–water partition coefficient (Wildman–Crippen LogP) is 5.05. The van der Waals surface area contributed by atoms with E-state index in [0.29, 0.717) is 0 Å². The Bertz CT molecular complexity index is 1170. The van der Waals surface area contributed by atoms with Crippen molar-refractivity contribution < 1.29 is 30.2 Å². The Hall–Kier alpha value is -2.37. The maximum Gasteiger partial charge on any atom is 0.534 e. The van der Waals surface area contributed by atoms with E-state index in [2.05, 4.69) is 19.5 Å². The van der Waals surface area contributed by atoms with Crippen LogP contribution in [0.4, 0.5) is 29.1 Å². The highest BCUT2D eigenvalue weighted by atomic mass is 35.5. The lowest BCUT2D eigenvalue weighted by Gasteiger charge is -2.12. The summed E-state index contributed by atoms with van der Waals surface area (Å²) in [6, 6.07) is 5.83. The van der Waals surface area contributed by atoms with E-state index >= 15 is 0 Å². The second-order valence-electron chi connectivity index (χ2n) is 5.23. The van der Waals surface area contributed by atoms with Crippen LogP contribution in [0.15, 0.2) is 36.7 Å². The number of nitrogens with one attached hydrogen (secondary N) is 1. The van der Waals surface area contributed by atoms with E-state index in [1.807, 2.05) is 0 Å². The first-order chi connectivity index (χ1) is 13.0. The lowest BCUT2D eigenvalue weighted by atomic mass is 10.2. The van der Waals surface area contributed by atoms with Crippen molar-refractivity contribution in [3.8, 4) is 5.75 Å². The number of fused-ring (bicyclic) bond motifs is 1. The number of anilines is 2. The van der Waals surface area contributed by atoms with Gasteiger partial charge in [-0.15, -0.1) is 0 Å². The fourth-order valence-electron chi connectivity index (χ4n) is 2.11. The summed E-state index contributed by atoms with van der Waals surface area (Å²) in [5.74, 6) is -1.35. The summed E-state index contributed by atoms with van der Waals surface area (Å²) in [4.78, 5) is 7.78. The SMILES string of the molecule is O=S(=O)(Oc1ccc2c(Nc3ccc(Cl)c(Cl)c3F)ncnc2c1)C(F)(F)F. The number of benzene rings is 2. The Labute approximate surface area is 165 Å². The molecular weight excluding hydrogens is 449 g/mol. The zero-order chi connectivity index (χ0) is 20.7. The van der Waals surface area contributed by atoms with Gasteiger partial charge in [0.15, 0.2) is 5.82 Å². The summed E-state index contributed by atoms with van der Waals surface area (Å²) in [7, 11) is -5.83.